The van der Waals surface area contributed by atoms with Crippen LogP contribution in [0.25, 0.3) is 11.2 Å². The van der Waals surface area contributed by atoms with Crippen LogP contribution in [0, 0.1) is 12.3 Å². The normalized spacial score (nSPS) is 12.2. The Hall–Kier alpha value is -3.11. The van der Waals surface area contributed by atoms with E-state index in [1.165, 1.54) is 11.6 Å². The Labute approximate surface area is 144 Å². The predicted octanol–water partition coefficient (Wildman–Crippen LogP) is 0.803. The highest BCUT2D eigenvalue weighted by Crippen LogP contribution is 2.26. The van der Waals surface area contributed by atoms with Crippen molar-refractivity contribution in [3.63, 3.8) is 0 Å². The lowest BCUT2D eigenvalue weighted by Crippen LogP contribution is -2.37. The summed E-state index contributed by atoms with van der Waals surface area (Å²) < 4.78 is 9.65. The zero-order valence-electron chi connectivity index (χ0n) is 14.3. The van der Waals surface area contributed by atoms with Crippen molar-refractivity contribution in [3.05, 3.63) is 62.6 Å². The van der Waals surface area contributed by atoms with Gasteiger partial charge in [-0.2, -0.15) is 0 Å². The minimum Gasteiger partial charge on any atom is -0.369 e. The van der Waals surface area contributed by atoms with Crippen LogP contribution in [-0.4, -0.2) is 25.8 Å². The number of benzene rings is 1. The minimum absolute atomic E-state index is 0.145. The Morgan fingerprint density at radius 2 is 1.88 bits per heavy atom. The zero-order valence-corrected chi connectivity index (χ0v) is 14.3. The van der Waals surface area contributed by atoms with Crippen molar-refractivity contribution in [1.29, 1.82) is 0 Å². The molecule has 0 N–H and O–H groups in total. The van der Waals surface area contributed by atoms with E-state index in [1.54, 1.807) is 18.7 Å². The highest BCUT2D eigenvalue weighted by Gasteiger charge is 2.25. The number of hydrogen-bond donors (Lipinski definition) is 0. The Balaban J connectivity index is 2.40. The van der Waals surface area contributed by atoms with Crippen LogP contribution in [0.1, 0.15) is 17.5 Å². The molecule has 0 saturated carbocycles. The van der Waals surface area contributed by atoms with Gasteiger partial charge in [-0.25, -0.2) is 9.78 Å². The highest BCUT2D eigenvalue weighted by molar-refractivity contribution is 5.71. The third-order valence-corrected chi connectivity index (χ3v) is 4.20. The van der Waals surface area contributed by atoms with Crippen LogP contribution >= 0.6 is 0 Å². The Morgan fingerprint density at radius 1 is 1.20 bits per heavy atom. The number of rotatable bonds is 4. The maximum atomic E-state index is 12.6. The third-order valence-electron chi connectivity index (χ3n) is 4.20. The quantitative estimate of drug-likeness (QED) is 0.660. The monoisotopic (exact) mass is 338 g/mol. The zero-order chi connectivity index (χ0) is 18.1. The lowest BCUT2D eigenvalue weighted by molar-refractivity contribution is 0.126. The Morgan fingerprint density at radius 3 is 2.48 bits per heavy atom. The largest absolute Gasteiger partial charge is 0.369 e. The van der Waals surface area contributed by atoms with E-state index in [2.05, 4.69) is 10.9 Å². The van der Waals surface area contributed by atoms with Crippen molar-refractivity contribution in [3.8, 4) is 12.3 Å². The Bertz CT molecular complexity index is 1080. The molecule has 7 heteroatoms. The van der Waals surface area contributed by atoms with E-state index in [-0.39, 0.29) is 17.7 Å². The molecule has 0 fully saturated rings. The molecule has 2 heterocycles. The molecule has 1 aromatic carbocycles. The number of nitrogens with zero attached hydrogens (tertiary/aromatic N) is 4. The van der Waals surface area contributed by atoms with Crippen molar-refractivity contribution in [2.24, 2.45) is 14.1 Å². The summed E-state index contributed by atoms with van der Waals surface area (Å²) in [6.45, 7) is 0.145. The smallest absolute Gasteiger partial charge is 0.332 e. The summed E-state index contributed by atoms with van der Waals surface area (Å²) in [5, 5.41) is 0. The van der Waals surface area contributed by atoms with Gasteiger partial charge in [-0.3, -0.25) is 13.9 Å². The maximum absolute atomic E-state index is 12.6. The molecule has 0 spiro atoms. The second kappa shape index (κ2) is 6.42. The van der Waals surface area contributed by atoms with Crippen molar-refractivity contribution in [2.75, 3.05) is 7.11 Å². The molecular weight excluding hydrogens is 320 g/mol. The molecule has 0 aliphatic carbocycles. The molecule has 3 aromatic rings. The fraction of sp³-hybridized carbons (Fsp3) is 0.278. The van der Waals surface area contributed by atoms with Crippen LogP contribution in [0.5, 0.6) is 0 Å². The fourth-order valence-corrected chi connectivity index (χ4v) is 2.93. The van der Waals surface area contributed by atoms with Crippen LogP contribution in [0.15, 0.2) is 39.9 Å². The first-order valence-corrected chi connectivity index (χ1v) is 7.68. The van der Waals surface area contributed by atoms with Crippen molar-refractivity contribution < 1.29 is 4.74 Å². The van der Waals surface area contributed by atoms with Gasteiger partial charge in [-0.05, 0) is 5.56 Å². The topological polar surface area (TPSA) is 71.1 Å². The van der Waals surface area contributed by atoms with Crippen LogP contribution in [0.3, 0.4) is 0 Å². The molecule has 1 unspecified atom stereocenters. The molecule has 0 aliphatic rings. The number of aromatic nitrogens is 4. The van der Waals surface area contributed by atoms with Gasteiger partial charge in [0.2, 0.25) is 0 Å². The first-order valence-electron chi connectivity index (χ1n) is 7.68. The van der Waals surface area contributed by atoms with E-state index < -0.39 is 17.4 Å². The number of terminal acetylenes is 1. The molecule has 0 aliphatic heterocycles. The number of ether oxygens (including phenoxy) is 1. The van der Waals surface area contributed by atoms with Gasteiger partial charge in [0.15, 0.2) is 11.2 Å². The van der Waals surface area contributed by atoms with Crippen LogP contribution in [0.4, 0.5) is 0 Å². The molecule has 3 rings (SSSR count). The van der Waals surface area contributed by atoms with Crippen LogP contribution < -0.4 is 11.2 Å². The highest BCUT2D eigenvalue weighted by atomic mass is 16.5. The molecule has 0 bridgehead atoms. The fourth-order valence-electron chi connectivity index (χ4n) is 2.93. The summed E-state index contributed by atoms with van der Waals surface area (Å²) in [6.07, 6.45) is 4.99. The molecule has 25 heavy (non-hydrogen) atoms. The second-order valence-corrected chi connectivity index (χ2v) is 5.66. The van der Waals surface area contributed by atoms with Crippen LogP contribution in [0.2, 0.25) is 0 Å². The summed E-state index contributed by atoms with van der Waals surface area (Å²) in [5.74, 6) is 3.03. The Kier molecular flexibility index (Phi) is 4.30. The summed E-state index contributed by atoms with van der Waals surface area (Å²) in [5.41, 5.74) is 0.574. The van der Waals surface area contributed by atoms with Crippen LogP contribution in [-0.2, 0) is 25.4 Å². The number of imidazole rings is 1. The predicted molar refractivity (Wildman–Crippen MR) is 94.3 cm³/mol. The summed E-state index contributed by atoms with van der Waals surface area (Å²) in [6, 6.07) is 9.50. The molecule has 2 aromatic heterocycles. The van der Waals surface area contributed by atoms with E-state index in [1.807, 2.05) is 30.3 Å². The third kappa shape index (κ3) is 2.57. The number of hydrogen-bond acceptors (Lipinski definition) is 4. The van der Waals surface area contributed by atoms with Gasteiger partial charge in [0.1, 0.15) is 11.9 Å². The van der Waals surface area contributed by atoms with Gasteiger partial charge in [0.25, 0.3) is 5.56 Å². The van der Waals surface area contributed by atoms with Gasteiger partial charge < -0.3 is 9.30 Å². The first-order chi connectivity index (χ1) is 12.0. The lowest BCUT2D eigenvalue weighted by atomic mass is 10.1. The number of fused-ring (bicyclic) bond motifs is 1. The molecular formula is C18H18N4O3. The van der Waals surface area contributed by atoms with Gasteiger partial charge >= 0.3 is 5.69 Å². The molecule has 0 amide bonds. The van der Waals surface area contributed by atoms with Crippen molar-refractivity contribution in [1.82, 2.24) is 18.7 Å². The van der Waals surface area contributed by atoms with E-state index >= 15 is 0 Å². The van der Waals surface area contributed by atoms with Gasteiger partial charge in [0, 0.05) is 21.2 Å². The second-order valence-electron chi connectivity index (χ2n) is 5.66. The average Bonchev–Trinajstić information content (AvgIpc) is 2.99. The number of aryl methyl sites for hydroxylation is 1. The standard InChI is InChI=1S/C18H18N4O3/c1-5-11-22-13-15(20(2)18(24)21(3)17(13)23)19-16(22)14(25-4)12-9-7-6-8-10-12/h1,6-10,14H,11H2,2-4H3. The van der Waals surface area contributed by atoms with Gasteiger partial charge in [-0.15, -0.1) is 6.42 Å². The maximum Gasteiger partial charge on any atom is 0.332 e. The van der Waals surface area contributed by atoms with Gasteiger partial charge in [0.05, 0.1) is 6.54 Å². The summed E-state index contributed by atoms with van der Waals surface area (Å²) in [7, 11) is 4.57. The summed E-state index contributed by atoms with van der Waals surface area (Å²) in [4.78, 5) is 29.4. The molecule has 128 valence electrons. The van der Waals surface area contributed by atoms with Crippen molar-refractivity contribution >= 4 is 11.2 Å². The average molecular weight is 338 g/mol. The van der Waals surface area contributed by atoms with Gasteiger partial charge in [-0.1, -0.05) is 36.3 Å². The number of methoxy groups -OCH3 is 1. The van der Waals surface area contributed by atoms with E-state index in [0.29, 0.717) is 5.82 Å². The molecule has 0 radical (unpaired) electrons. The molecule has 7 nitrogen and oxygen atoms in total. The van der Waals surface area contributed by atoms with E-state index in [9.17, 15) is 9.59 Å². The summed E-state index contributed by atoms with van der Waals surface area (Å²) >= 11 is 0. The van der Waals surface area contributed by atoms with E-state index in [4.69, 9.17) is 11.2 Å². The lowest BCUT2D eigenvalue weighted by Gasteiger charge is -2.16. The molecule has 0 saturated heterocycles. The first kappa shape index (κ1) is 16.7. The van der Waals surface area contributed by atoms with E-state index in [0.717, 1.165) is 10.1 Å². The van der Waals surface area contributed by atoms with Crippen molar-refractivity contribution in [2.45, 2.75) is 12.6 Å². The minimum atomic E-state index is -0.512. The SMILES string of the molecule is C#CCn1c(C(OC)c2ccccc2)nc2c1c(=O)n(C)c(=O)n2C. The molecule has 1 atom stereocenters.